The van der Waals surface area contributed by atoms with Gasteiger partial charge < -0.3 is 35.0 Å². The number of carboxylic acid groups (broad SMARTS) is 1. The van der Waals surface area contributed by atoms with E-state index in [9.17, 15) is 30.3 Å². The van der Waals surface area contributed by atoms with Gasteiger partial charge in [-0.25, -0.2) is 4.79 Å². The minimum atomic E-state index is -1.84. The van der Waals surface area contributed by atoms with Crippen LogP contribution in [0.3, 0.4) is 0 Å². The summed E-state index contributed by atoms with van der Waals surface area (Å²) in [6.07, 6.45) is -8.84. The van der Waals surface area contributed by atoms with Crippen LogP contribution in [0, 0.1) is 0 Å². The molecule has 1 aliphatic heterocycles. The lowest BCUT2D eigenvalue weighted by Gasteiger charge is -2.38. The van der Waals surface area contributed by atoms with E-state index in [1.807, 2.05) is 36.4 Å². The van der Waals surface area contributed by atoms with Gasteiger partial charge in [0, 0.05) is 5.39 Å². The predicted octanol–water partition coefficient (Wildman–Crippen LogP) is 2.71. The number of carbonyl (C=O) groups is 1. The molecule has 0 aromatic heterocycles. The van der Waals surface area contributed by atoms with E-state index in [0.717, 1.165) is 37.7 Å². The third-order valence-electron chi connectivity index (χ3n) is 6.62. The average Bonchev–Trinajstić information content (AvgIpc) is 2.83. The maximum absolute atomic E-state index is 11.4. The lowest BCUT2D eigenvalue weighted by atomic mass is 9.91. The van der Waals surface area contributed by atoms with E-state index in [0.29, 0.717) is 5.39 Å². The topological polar surface area (TPSA) is 137 Å². The summed E-state index contributed by atoms with van der Waals surface area (Å²) in [6, 6.07) is 19.2. The molecule has 34 heavy (non-hydrogen) atoms. The first kappa shape index (κ1) is 20.9. The molecule has 1 aliphatic rings. The molecule has 1 unspecified atom stereocenters. The maximum atomic E-state index is 11.4. The number of hydrogen-bond acceptors (Lipinski definition) is 7. The minimum absolute atomic E-state index is 0.0280. The number of ether oxygens (including phenoxy) is 2. The Kier molecular flexibility index (Phi) is 4.55. The van der Waals surface area contributed by atoms with Gasteiger partial charge in [-0.2, -0.15) is 0 Å². The highest BCUT2D eigenvalue weighted by atomic mass is 16.7. The van der Waals surface area contributed by atoms with Crippen molar-refractivity contribution in [2.45, 2.75) is 30.7 Å². The van der Waals surface area contributed by atoms with Crippen molar-refractivity contribution in [2.24, 2.45) is 0 Å². The minimum Gasteiger partial charge on any atom is -0.504 e. The SMILES string of the molecule is O=C(O)[C@H]1OC(Oc2c(O)ccc3c2cc2ccc4cccc5ccc3c2c45)[C@H](O)[C@@H](O)[C@@H]1O. The fourth-order valence-electron chi connectivity index (χ4n) is 4.96. The molecule has 5 atom stereocenters. The van der Waals surface area contributed by atoms with Crippen molar-refractivity contribution in [3.63, 3.8) is 0 Å². The molecule has 0 radical (unpaired) electrons. The lowest BCUT2D eigenvalue weighted by molar-refractivity contribution is -0.271. The summed E-state index contributed by atoms with van der Waals surface area (Å²) in [5.41, 5.74) is 0. The first-order chi connectivity index (χ1) is 16.3. The fourth-order valence-corrected chi connectivity index (χ4v) is 4.96. The Labute approximate surface area is 192 Å². The molecule has 1 heterocycles. The number of phenolic OH excluding ortho intramolecular Hbond substituents is 1. The highest BCUT2D eigenvalue weighted by Gasteiger charge is 2.48. The molecule has 0 amide bonds. The van der Waals surface area contributed by atoms with Gasteiger partial charge in [0.25, 0.3) is 0 Å². The zero-order valence-electron chi connectivity index (χ0n) is 17.6. The zero-order chi connectivity index (χ0) is 23.7. The molecule has 5 N–H and O–H groups in total. The molecular weight excluding hydrogens is 440 g/mol. The van der Waals surface area contributed by atoms with E-state index in [2.05, 4.69) is 12.1 Å². The van der Waals surface area contributed by atoms with Crippen LogP contribution in [0.5, 0.6) is 11.5 Å². The molecule has 0 bridgehead atoms. The highest BCUT2D eigenvalue weighted by molar-refractivity contribution is 6.29. The molecule has 0 spiro atoms. The van der Waals surface area contributed by atoms with Crippen LogP contribution in [-0.2, 0) is 9.53 Å². The molecule has 8 nitrogen and oxygen atoms in total. The summed E-state index contributed by atoms with van der Waals surface area (Å²) in [4.78, 5) is 11.4. The lowest BCUT2D eigenvalue weighted by Crippen LogP contribution is -2.61. The second-order valence-corrected chi connectivity index (χ2v) is 8.59. The van der Waals surface area contributed by atoms with E-state index in [-0.39, 0.29) is 11.5 Å². The monoisotopic (exact) mass is 460 g/mol. The van der Waals surface area contributed by atoms with Crippen molar-refractivity contribution < 1.29 is 39.8 Å². The molecule has 0 saturated carbocycles. The summed E-state index contributed by atoms with van der Waals surface area (Å²) in [5, 5.41) is 58.0. The van der Waals surface area contributed by atoms with Crippen molar-refractivity contribution in [1.82, 2.24) is 0 Å². The second kappa shape index (κ2) is 7.41. The summed E-state index contributed by atoms with van der Waals surface area (Å²) in [5.74, 6) is -1.79. The number of aliphatic hydroxyl groups is 3. The summed E-state index contributed by atoms with van der Waals surface area (Å²) in [6.45, 7) is 0. The number of hydrogen-bond donors (Lipinski definition) is 5. The average molecular weight is 460 g/mol. The normalized spacial score (nSPS) is 25.4. The van der Waals surface area contributed by atoms with Gasteiger partial charge in [0.2, 0.25) is 6.29 Å². The molecule has 1 saturated heterocycles. The van der Waals surface area contributed by atoms with Crippen molar-refractivity contribution in [2.75, 3.05) is 0 Å². The number of carboxylic acids is 1. The van der Waals surface area contributed by atoms with Crippen LogP contribution in [0.2, 0.25) is 0 Å². The smallest absolute Gasteiger partial charge is 0.335 e. The van der Waals surface area contributed by atoms with Gasteiger partial charge in [-0.15, -0.1) is 0 Å². The van der Waals surface area contributed by atoms with Gasteiger partial charge in [0.05, 0.1) is 0 Å². The molecule has 5 aromatic rings. The van der Waals surface area contributed by atoms with Crippen molar-refractivity contribution in [3.8, 4) is 11.5 Å². The van der Waals surface area contributed by atoms with Crippen LogP contribution < -0.4 is 4.74 Å². The van der Waals surface area contributed by atoms with E-state index in [1.165, 1.54) is 6.07 Å². The van der Waals surface area contributed by atoms with Crippen LogP contribution in [0.4, 0.5) is 0 Å². The number of aromatic hydroxyl groups is 1. The molecule has 0 aliphatic carbocycles. The number of fused-ring (bicyclic) bond motifs is 2. The van der Waals surface area contributed by atoms with Crippen molar-refractivity contribution >= 4 is 49.1 Å². The first-order valence-corrected chi connectivity index (χ1v) is 10.8. The highest BCUT2D eigenvalue weighted by Crippen LogP contribution is 2.44. The Balaban J connectivity index is 1.54. The third kappa shape index (κ3) is 2.90. The second-order valence-electron chi connectivity index (χ2n) is 8.59. The molecule has 5 aromatic carbocycles. The van der Waals surface area contributed by atoms with E-state index in [4.69, 9.17) is 9.47 Å². The van der Waals surface area contributed by atoms with Crippen LogP contribution in [-0.4, -0.2) is 62.2 Å². The maximum Gasteiger partial charge on any atom is 0.335 e. The van der Waals surface area contributed by atoms with Gasteiger partial charge in [-0.3, -0.25) is 0 Å². The van der Waals surface area contributed by atoms with Gasteiger partial charge in [-0.1, -0.05) is 42.5 Å². The molecule has 6 rings (SSSR count). The van der Waals surface area contributed by atoms with Gasteiger partial charge >= 0.3 is 5.97 Å². The molecule has 172 valence electrons. The van der Waals surface area contributed by atoms with Crippen molar-refractivity contribution in [1.29, 1.82) is 0 Å². The number of rotatable bonds is 3. The first-order valence-electron chi connectivity index (χ1n) is 10.8. The van der Waals surface area contributed by atoms with Crippen LogP contribution in [0.25, 0.3) is 43.1 Å². The number of aliphatic carboxylic acids is 1. The summed E-state index contributed by atoms with van der Waals surface area (Å²) >= 11 is 0. The Bertz CT molecular complexity index is 1560. The van der Waals surface area contributed by atoms with Crippen molar-refractivity contribution in [3.05, 3.63) is 60.7 Å². The van der Waals surface area contributed by atoms with E-state index < -0.39 is 36.7 Å². The predicted molar refractivity (Wildman–Crippen MR) is 124 cm³/mol. The van der Waals surface area contributed by atoms with Gasteiger partial charge in [0.15, 0.2) is 17.6 Å². The number of benzene rings is 5. The molecule has 1 fully saturated rings. The molecule has 8 heteroatoms. The summed E-state index contributed by atoms with van der Waals surface area (Å²) < 4.78 is 11.0. The van der Waals surface area contributed by atoms with Crippen LogP contribution in [0.15, 0.2) is 60.7 Å². The van der Waals surface area contributed by atoms with Gasteiger partial charge in [0.1, 0.15) is 18.3 Å². The largest absolute Gasteiger partial charge is 0.504 e. The number of phenols is 1. The van der Waals surface area contributed by atoms with Crippen LogP contribution in [0.1, 0.15) is 0 Å². The Morgan fingerprint density at radius 1 is 0.765 bits per heavy atom. The Morgan fingerprint density at radius 2 is 1.44 bits per heavy atom. The number of aliphatic hydroxyl groups excluding tert-OH is 3. The van der Waals surface area contributed by atoms with Crippen LogP contribution >= 0.6 is 0 Å². The van der Waals surface area contributed by atoms with E-state index in [1.54, 1.807) is 6.07 Å². The van der Waals surface area contributed by atoms with E-state index >= 15 is 0 Å². The quantitative estimate of drug-likeness (QED) is 0.205. The zero-order valence-corrected chi connectivity index (χ0v) is 17.6. The standard InChI is InChI=1S/C26H20O8/c27-17-9-8-14-15-7-6-12-3-1-2-11-4-5-13(19(15)18(11)12)10-16(14)23(17)33-26-22(30)20(28)21(29)24(34-26)25(31)32/h1-10,20-22,24,26-30H,(H,31,32)/t20-,21-,22+,24-,26?/m0/s1. The summed E-state index contributed by atoms with van der Waals surface area (Å²) in [7, 11) is 0. The molecular formula is C26H20O8. The fraction of sp³-hybridized carbons (Fsp3) is 0.192. The Hall–Kier alpha value is -3.69. The Morgan fingerprint density at radius 3 is 2.18 bits per heavy atom. The third-order valence-corrected chi connectivity index (χ3v) is 6.62. The van der Waals surface area contributed by atoms with Gasteiger partial charge in [-0.05, 0) is 55.9 Å².